The van der Waals surface area contributed by atoms with E-state index in [1.807, 2.05) is 13.0 Å². The molecule has 5 rings (SSSR count). The maximum absolute atomic E-state index is 12.7. The van der Waals surface area contributed by atoms with Crippen molar-refractivity contribution in [1.82, 2.24) is 9.97 Å². The van der Waals surface area contributed by atoms with Gasteiger partial charge < -0.3 is 10.6 Å². The van der Waals surface area contributed by atoms with Crippen LogP contribution in [0.4, 0.5) is 11.4 Å². The van der Waals surface area contributed by atoms with Crippen molar-refractivity contribution < 1.29 is 9.59 Å². The number of benzene rings is 2. The Hall–Kier alpha value is -2.94. The van der Waals surface area contributed by atoms with Crippen molar-refractivity contribution in [3.8, 4) is 0 Å². The van der Waals surface area contributed by atoms with E-state index in [0.717, 1.165) is 33.6 Å². The smallest absolute Gasteiger partial charge is 0.257 e. The molecule has 0 unspecified atom stereocenters. The topological polar surface area (TPSA) is 84.0 Å². The van der Waals surface area contributed by atoms with Gasteiger partial charge in [0, 0.05) is 21.6 Å². The van der Waals surface area contributed by atoms with Crippen molar-refractivity contribution in [1.29, 1.82) is 0 Å². The van der Waals surface area contributed by atoms with E-state index in [1.54, 1.807) is 54.1 Å². The Balaban J connectivity index is 1.23. The number of nitrogens with zero attached hydrogens (tertiary/aromatic N) is 2. The molecule has 0 spiro atoms. The predicted octanol–water partition coefficient (Wildman–Crippen LogP) is 6.52. The van der Waals surface area contributed by atoms with Crippen LogP contribution in [0.3, 0.4) is 0 Å². The summed E-state index contributed by atoms with van der Waals surface area (Å²) in [5.74, 6) is -0.141. The summed E-state index contributed by atoms with van der Waals surface area (Å²) in [6, 6.07) is 12.3. The fraction of sp³-hybridized carbons (Fsp3) is 0.231. The number of rotatable bonds is 6. The number of thiophene rings is 1. The molecule has 2 amide bonds. The molecule has 6 nitrogen and oxygen atoms in total. The summed E-state index contributed by atoms with van der Waals surface area (Å²) >= 11 is 9.32. The molecule has 2 heterocycles. The molecular formula is C26H23ClN4O2S2. The largest absolute Gasteiger partial charge is 0.325 e. The molecule has 178 valence electrons. The van der Waals surface area contributed by atoms with Gasteiger partial charge in [-0.15, -0.1) is 11.3 Å². The van der Waals surface area contributed by atoms with Crippen LogP contribution in [0.2, 0.25) is 5.02 Å². The van der Waals surface area contributed by atoms with Crippen LogP contribution in [-0.4, -0.2) is 27.5 Å². The fourth-order valence-corrected chi connectivity index (χ4v) is 6.56. The van der Waals surface area contributed by atoms with Crippen LogP contribution in [0.15, 0.2) is 53.8 Å². The van der Waals surface area contributed by atoms with Gasteiger partial charge in [-0.2, -0.15) is 0 Å². The Morgan fingerprint density at radius 3 is 2.74 bits per heavy atom. The van der Waals surface area contributed by atoms with Gasteiger partial charge >= 0.3 is 0 Å². The van der Waals surface area contributed by atoms with Crippen LogP contribution in [0, 0.1) is 6.92 Å². The summed E-state index contributed by atoms with van der Waals surface area (Å²) in [6.07, 6.45) is 6.16. The quantitative estimate of drug-likeness (QED) is 0.222. The minimum Gasteiger partial charge on any atom is -0.325 e. The first-order chi connectivity index (χ1) is 17.0. The first kappa shape index (κ1) is 23.8. The first-order valence-electron chi connectivity index (χ1n) is 11.3. The second-order valence-corrected chi connectivity index (χ2v) is 10.8. The monoisotopic (exact) mass is 522 g/mol. The van der Waals surface area contributed by atoms with Gasteiger partial charge in [0.2, 0.25) is 5.91 Å². The molecule has 1 aliphatic carbocycles. The van der Waals surface area contributed by atoms with E-state index in [-0.39, 0.29) is 17.6 Å². The number of anilines is 2. The van der Waals surface area contributed by atoms with Crippen molar-refractivity contribution in [2.24, 2.45) is 0 Å². The van der Waals surface area contributed by atoms with Gasteiger partial charge in [-0.05, 0) is 74.1 Å². The maximum atomic E-state index is 12.7. The number of nitrogens with one attached hydrogen (secondary N) is 2. The van der Waals surface area contributed by atoms with Gasteiger partial charge in [0.05, 0.1) is 16.3 Å². The third-order valence-corrected chi connectivity index (χ3v) is 8.45. The second-order valence-electron chi connectivity index (χ2n) is 8.37. The first-order valence-corrected chi connectivity index (χ1v) is 13.5. The SMILES string of the molecule is Cc1cc(NC(=O)CSc2ncnc3sc4c(c23)CCCC4)ccc1NC(=O)c1ccccc1Cl. The fourth-order valence-electron chi connectivity index (χ4n) is 4.22. The molecule has 2 N–H and O–H groups in total. The summed E-state index contributed by atoms with van der Waals surface area (Å²) in [5, 5.41) is 8.22. The van der Waals surface area contributed by atoms with Crippen LogP contribution in [0.1, 0.15) is 39.2 Å². The molecule has 0 fully saturated rings. The number of hydrogen-bond donors (Lipinski definition) is 2. The number of thioether (sulfide) groups is 1. The minimum atomic E-state index is -0.279. The van der Waals surface area contributed by atoms with Crippen molar-refractivity contribution in [2.75, 3.05) is 16.4 Å². The molecule has 35 heavy (non-hydrogen) atoms. The number of aryl methyl sites for hydroxylation is 3. The Morgan fingerprint density at radius 1 is 1.09 bits per heavy atom. The van der Waals surface area contributed by atoms with E-state index in [1.165, 1.54) is 35.0 Å². The minimum absolute atomic E-state index is 0.113. The molecule has 2 aromatic carbocycles. The highest BCUT2D eigenvalue weighted by Crippen LogP contribution is 2.39. The summed E-state index contributed by atoms with van der Waals surface area (Å²) in [6.45, 7) is 1.88. The molecule has 0 saturated heterocycles. The Morgan fingerprint density at radius 2 is 1.91 bits per heavy atom. The molecule has 4 aromatic rings. The van der Waals surface area contributed by atoms with Crippen LogP contribution in [0.5, 0.6) is 0 Å². The molecule has 1 aliphatic rings. The third-order valence-electron chi connectivity index (χ3n) is 5.93. The molecule has 2 aromatic heterocycles. The van der Waals surface area contributed by atoms with E-state index in [4.69, 9.17) is 11.6 Å². The highest BCUT2D eigenvalue weighted by Gasteiger charge is 2.20. The number of fused-ring (bicyclic) bond motifs is 3. The van der Waals surface area contributed by atoms with Crippen LogP contribution in [-0.2, 0) is 17.6 Å². The lowest BCUT2D eigenvalue weighted by atomic mass is 9.97. The predicted molar refractivity (Wildman–Crippen MR) is 144 cm³/mol. The highest BCUT2D eigenvalue weighted by atomic mass is 35.5. The summed E-state index contributed by atoms with van der Waals surface area (Å²) in [4.78, 5) is 36.6. The van der Waals surface area contributed by atoms with Gasteiger partial charge in [0.25, 0.3) is 5.91 Å². The number of carbonyl (C=O) groups is 2. The van der Waals surface area contributed by atoms with Gasteiger partial charge in [-0.25, -0.2) is 9.97 Å². The van der Waals surface area contributed by atoms with Crippen molar-refractivity contribution in [3.05, 3.63) is 75.4 Å². The zero-order valence-corrected chi connectivity index (χ0v) is 21.4. The number of amides is 2. The second kappa shape index (κ2) is 10.4. The Kier molecular flexibility index (Phi) is 7.04. The van der Waals surface area contributed by atoms with Gasteiger partial charge in [0.15, 0.2) is 0 Å². The Bertz CT molecular complexity index is 1440. The van der Waals surface area contributed by atoms with E-state index in [9.17, 15) is 9.59 Å². The van der Waals surface area contributed by atoms with Crippen LogP contribution < -0.4 is 10.6 Å². The zero-order valence-electron chi connectivity index (χ0n) is 19.1. The third kappa shape index (κ3) is 5.19. The number of carbonyl (C=O) groups excluding carboxylic acids is 2. The normalized spacial score (nSPS) is 12.9. The van der Waals surface area contributed by atoms with Gasteiger partial charge in [0.1, 0.15) is 16.2 Å². The van der Waals surface area contributed by atoms with Crippen molar-refractivity contribution in [3.63, 3.8) is 0 Å². The number of halogens is 1. The Labute approximate surface area is 216 Å². The van der Waals surface area contributed by atoms with Gasteiger partial charge in [-0.3, -0.25) is 9.59 Å². The number of aromatic nitrogens is 2. The molecule has 0 atom stereocenters. The van der Waals surface area contributed by atoms with E-state index < -0.39 is 0 Å². The van der Waals surface area contributed by atoms with E-state index >= 15 is 0 Å². The lowest BCUT2D eigenvalue weighted by Gasteiger charge is -2.12. The van der Waals surface area contributed by atoms with E-state index in [0.29, 0.717) is 22.0 Å². The summed E-state index contributed by atoms with van der Waals surface area (Å²) in [5.41, 5.74) is 3.94. The average Bonchev–Trinajstić information content (AvgIpc) is 3.24. The zero-order chi connectivity index (χ0) is 24.4. The average molecular weight is 523 g/mol. The molecule has 0 bridgehead atoms. The molecule has 0 saturated carbocycles. The lowest BCUT2D eigenvalue weighted by Crippen LogP contribution is -2.15. The highest BCUT2D eigenvalue weighted by molar-refractivity contribution is 8.00. The van der Waals surface area contributed by atoms with Crippen LogP contribution in [0.25, 0.3) is 10.2 Å². The standard InChI is InChI=1S/C26H23ClN4O2S2/c1-15-12-16(10-11-20(15)31-24(33)17-6-2-4-8-19(17)27)30-22(32)13-34-25-23-18-7-3-5-9-21(18)35-26(23)29-14-28-25/h2,4,6,8,10-12,14H,3,5,7,9,13H2,1H3,(H,30,32)(H,31,33). The van der Waals surface area contributed by atoms with Crippen molar-refractivity contribution >= 4 is 68.1 Å². The maximum Gasteiger partial charge on any atom is 0.257 e. The van der Waals surface area contributed by atoms with Gasteiger partial charge in [-0.1, -0.05) is 35.5 Å². The molecule has 9 heteroatoms. The molecule has 0 radical (unpaired) electrons. The van der Waals surface area contributed by atoms with Crippen LogP contribution >= 0.6 is 34.7 Å². The molecule has 0 aliphatic heterocycles. The summed E-state index contributed by atoms with van der Waals surface area (Å²) in [7, 11) is 0. The lowest BCUT2D eigenvalue weighted by molar-refractivity contribution is -0.113. The summed E-state index contributed by atoms with van der Waals surface area (Å²) < 4.78 is 0. The van der Waals surface area contributed by atoms with Crippen molar-refractivity contribution in [2.45, 2.75) is 37.6 Å². The number of hydrogen-bond acceptors (Lipinski definition) is 6. The molecular weight excluding hydrogens is 500 g/mol. The van der Waals surface area contributed by atoms with E-state index in [2.05, 4.69) is 20.6 Å².